The van der Waals surface area contributed by atoms with Crippen LogP contribution in [-0.4, -0.2) is 26.3 Å². The first-order valence-electron chi connectivity index (χ1n) is 5.34. The molecule has 0 aliphatic carbocycles. The number of nitrogens with one attached hydrogen (secondary N) is 1. The van der Waals surface area contributed by atoms with Crippen LogP contribution in [0.15, 0.2) is 29.2 Å². The zero-order chi connectivity index (χ0) is 14.7. The van der Waals surface area contributed by atoms with Gasteiger partial charge in [0.15, 0.2) is 9.84 Å². The number of alkyl halides is 3. The van der Waals surface area contributed by atoms with E-state index in [-0.39, 0.29) is 16.2 Å². The number of amides is 1. The molecular weight excluding hydrogens is 283 g/mol. The summed E-state index contributed by atoms with van der Waals surface area (Å²) < 4.78 is 59.5. The third kappa shape index (κ3) is 3.95. The first kappa shape index (κ1) is 15.5. The first-order chi connectivity index (χ1) is 8.68. The molecule has 1 rings (SSSR count). The second kappa shape index (κ2) is 5.60. The summed E-state index contributed by atoms with van der Waals surface area (Å²) in [6, 6.07) is 5.62. The fourth-order valence-electron chi connectivity index (χ4n) is 1.38. The van der Waals surface area contributed by atoms with E-state index in [0.717, 1.165) is 0 Å². The molecule has 0 fully saturated rings. The third-order valence-electron chi connectivity index (χ3n) is 2.38. The van der Waals surface area contributed by atoms with Gasteiger partial charge in [0.1, 0.15) is 0 Å². The van der Waals surface area contributed by atoms with Crippen molar-refractivity contribution < 1.29 is 26.4 Å². The van der Waals surface area contributed by atoms with E-state index in [9.17, 15) is 26.4 Å². The molecule has 0 aliphatic rings. The van der Waals surface area contributed by atoms with Gasteiger partial charge in [0.2, 0.25) is 0 Å². The van der Waals surface area contributed by atoms with Crippen molar-refractivity contribution >= 4 is 15.7 Å². The Morgan fingerprint density at radius 2 is 1.84 bits per heavy atom. The highest BCUT2D eigenvalue weighted by Crippen LogP contribution is 2.18. The van der Waals surface area contributed by atoms with Gasteiger partial charge in [-0.05, 0) is 11.6 Å². The quantitative estimate of drug-likeness (QED) is 0.919. The molecule has 0 bridgehead atoms. The average Bonchev–Trinajstić information content (AvgIpc) is 2.35. The molecule has 1 N–H and O–H groups in total. The summed E-state index contributed by atoms with van der Waals surface area (Å²) in [6.45, 7) is 0.939. The number of rotatable bonds is 4. The highest BCUT2D eigenvalue weighted by Gasteiger charge is 2.38. The van der Waals surface area contributed by atoms with Crippen molar-refractivity contribution in [2.45, 2.75) is 24.5 Å². The molecule has 0 radical (unpaired) electrons. The van der Waals surface area contributed by atoms with E-state index in [1.54, 1.807) is 5.32 Å². The van der Waals surface area contributed by atoms with E-state index in [2.05, 4.69) is 0 Å². The minimum absolute atomic E-state index is 0.0695. The van der Waals surface area contributed by atoms with Gasteiger partial charge in [-0.2, -0.15) is 13.2 Å². The topological polar surface area (TPSA) is 63.2 Å². The number of carbonyl (C=O) groups is 1. The van der Waals surface area contributed by atoms with Crippen molar-refractivity contribution in [3.8, 4) is 0 Å². The van der Waals surface area contributed by atoms with Crippen LogP contribution in [0.4, 0.5) is 13.2 Å². The normalized spacial score (nSPS) is 12.2. The van der Waals surface area contributed by atoms with E-state index < -0.39 is 28.5 Å². The predicted molar refractivity (Wildman–Crippen MR) is 62.1 cm³/mol. The van der Waals surface area contributed by atoms with Gasteiger partial charge in [0.05, 0.1) is 10.6 Å². The lowest BCUT2D eigenvalue weighted by molar-refractivity contribution is -0.173. The molecule has 106 valence electrons. The number of halogens is 3. The Morgan fingerprint density at radius 1 is 1.26 bits per heavy atom. The van der Waals surface area contributed by atoms with Gasteiger partial charge in [0.25, 0.3) is 0 Å². The molecular formula is C11H12F3NO3S. The number of hydrogen-bond acceptors (Lipinski definition) is 3. The molecule has 0 atom stereocenters. The molecule has 0 aromatic heterocycles. The van der Waals surface area contributed by atoms with Gasteiger partial charge in [-0.15, -0.1) is 0 Å². The number of carbonyl (C=O) groups excluding carboxylic acids is 1. The van der Waals surface area contributed by atoms with Crippen LogP contribution in [0.5, 0.6) is 0 Å². The van der Waals surface area contributed by atoms with Gasteiger partial charge in [-0.3, -0.25) is 4.79 Å². The maximum absolute atomic E-state index is 12.0. The molecule has 0 spiro atoms. The van der Waals surface area contributed by atoms with Gasteiger partial charge in [0, 0.05) is 6.54 Å². The fraction of sp³-hybridized carbons (Fsp3) is 0.364. The van der Waals surface area contributed by atoms with Crippen molar-refractivity contribution in [1.82, 2.24) is 5.32 Å². The zero-order valence-corrected chi connectivity index (χ0v) is 10.8. The highest BCUT2D eigenvalue weighted by atomic mass is 32.2. The largest absolute Gasteiger partial charge is 0.471 e. The van der Waals surface area contributed by atoms with Crippen LogP contribution in [0.3, 0.4) is 0 Å². The molecule has 0 aliphatic heterocycles. The van der Waals surface area contributed by atoms with Crippen molar-refractivity contribution in [3.63, 3.8) is 0 Å². The van der Waals surface area contributed by atoms with E-state index in [1.165, 1.54) is 31.2 Å². The van der Waals surface area contributed by atoms with Gasteiger partial charge >= 0.3 is 12.1 Å². The van der Waals surface area contributed by atoms with Crippen molar-refractivity contribution in [3.05, 3.63) is 29.8 Å². The maximum Gasteiger partial charge on any atom is 0.471 e. The summed E-state index contributed by atoms with van der Waals surface area (Å²) in [5.41, 5.74) is 0.127. The Balaban J connectivity index is 2.95. The molecule has 1 aromatic rings. The molecule has 0 unspecified atom stereocenters. The Morgan fingerprint density at radius 3 is 2.37 bits per heavy atom. The molecule has 1 amide bonds. The summed E-state index contributed by atoms with van der Waals surface area (Å²) in [5.74, 6) is -2.27. The molecule has 0 heterocycles. The SMILES string of the molecule is CCS(=O)(=O)c1ccccc1CNC(=O)C(F)(F)F. The van der Waals surface area contributed by atoms with E-state index in [0.29, 0.717) is 0 Å². The second-order valence-corrected chi connectivity index (χ2v) is 5.94. The van der Waals surface area contributed by atoms with Crippen LogP contribution in [0.25, 0.3) is 0 Å². The maximum atomic E-state index is 12.0. The van der Waals surface area contributed by atoms with Crippen LogP contribution < -0.4 is 5.32 Å². The van der Waals surface area contributed by atoms with Crippen molar-refractivity contribution in [1.29, 1.82) is 0 Å². The minimum Gasteiger partial charge on any atom is -0.344 e. The minimum atomic E-state index is -4.99. The molecule has 0 saturated carbocycles. The summed E-state index contributed by atoms with van der Waals surface area (Å²) in [4.78, 5) is 10.6. The van der Waals surface area contributed by atoms with Crippen LogP contribution in [-0.2, 0) is 21.2 Å². The molecule has 19 heavy (non-hydrogen) atoms. The fourth-order valence-corrected chi connectivity index (χ4v) is 2.52. The summed E-state index contributed by atoms with van der Waals surface area (Å²) in [7, 11) is -3.54. The summed E-state index contributed by atoms with van der Waals surface area (Å²) >= 11 is 0. The smallest absolute Gasteiger partial charge is 0.344 e. The van der Waals surface area contributed by atoms with Crippen molar-refractivity contribution in [2.75, 3.05) is 5.75 Å². The van der Waals surface area contributed by atoms with Crippen LogP contribution in [0, 0.1) is 0 Å². The van der Waals surface area contributed by atoms with Crippen LogP contribution in [0.2, 0.25) is 0 Å². The van der Waals surface area contributed by atoms with Crippen molar-refractivity contribution in [2.24, 2.45) is 0 Å². The Hall–Kier alpha value is -1.57. The molecule has 4 nitrogen and oxygen atoms in total. The Labute approximate surface area is 108 Å². The van der Waals surface area contributed by atoms with Gasteiger partial charge in [-0.1, -0.05) is 25.1 Å². The zero-order valence-electron chi connectivity index (χ0n) is 9.99. The summed E-state index contributed by atoms with van der Waals surface area (Å²) in [5, 5.41) is 1.65. The molecule has 8 heteroatoms. The van der Waals surface area contributed by atoms with Crippen LogP contribution >= 0.6 is 0 Å². The number of benzene rings is 1. The lowest BCUT2D eigenvalue weighted by Crippen LogP contribution is -2.36. The lowest BCUT2D eigenvalue weighted by atomic mass is 10.2. The third-order valence-corrected chi connectivity index (χ3v) is 4.21. The Kier molecular flexibility index (Phi) is 4.56. The predicted octanol–water partition coefficient (Wildman–Crippen LogP) is 1.66. The molecule has 0 saturated heterocycles. The van der Waals surface area contributed by atoms with Gasteiger partial charge in [-0.25, -0.2) is 8.42 Å². The first-order valence-corrected chi connectivity index (χ1v) is 6.99. The van der Waals surface area contributed by atoms with Gasteiger partial charge < -0.3 is 5.32 Å². The molecule has 1 aromatic carbocycles. The summed E-state index contributed by atoms with van der Waals surface area (Å²) in [6.07, 6.45) is -4.99. The number of hydrogen-bond donors (Lipinski definition) is 1. The lowest BCUT2D eigenvalue weighted by Gasteiger charge is -2.11. The average molecular weight is 295 g/mol. The monoisotopic (exact) mass is 295 g/mol. The Bertz CT molecular complexity index is 567. The van der Waals surface area contributed by atoms with E-state index in [1.807, 2.05) is 0 Å². The van der Waals surface area contributed by atoms with E-state index in [4.69, 9.17) is 0 Å². The standard InChI is InChI=1S/C11H12F3NO3S/c1-2-19(17,18)9-6-4-3-5-8(9)7-15-10(16)11(12,13)14/h3-6H,2,7H2,1H3,(H,15,16). The van der Waals surface area contributed by atoms with Crippen LogP contribution in [0.1, 0.15) is 12.5 Å². The number of sulfone groups is 1. The van der Waals surface area contributed by atoms with E-state index >= 15 is 0 Å². The highest BCUT2D eigenvalue weighted by molar-refractivity contribution is 7.91. The second-order valence-electron chi connectivity index (χ2n) is 3.69.